The van der Waals surface area contributed by atoms with Gasteiger partial charge in [-0.05, 0) is 32.1 Å². The lowest BCUT2D eigenvalue weighted by Crippen LogP contribution is -2.65. The van der Waals surface area contributed by atoms with Crippen molar-refractivity contribution in [3.8, 4) is 0 Å². The fraction of sp³-hybridized carbons (Fsp3) is 0.930. The number of nitrogens with one attached hydrogen (secondary N) is 1. The summed E-state index contributed by atoms with van der Waals surface area (Å²) in [4.78, 5) is 13.3. The van der Waals surface area contributed by atoms with Crippen LogP contribution >= 0.6 is 0 Å². The van der Waals surface area contributed by atoms with Crippen LogP contribution in [0, 0.1) is 0 Å². The summed E-state index contributed by atoms with van der Waals surface area (Å²) in [5.41, 5.74) is 0. The number of aliphatic hydroxyl groups excluding tert-OH is 8. The van der Waals surface area contributed by atoms with Gasteiger partial charge in [0.05, 0.1) is 32.0 Å². The van der Waals surface area contributed by atoms with Crippen molar-refractivity contribution in [1.29, 1.82) is 0 Å². The smallest absolute Gasteiger partial charge is 0.220 e. The molecule has 502 valence electrons. The first-order valence-electron chi connectivity index (χ1n) is 36.1. The highest BCUT2D eigenvalue weighted by Crippen LogP contribution is 2.30. The minimum absolute atomic E-state index is 0.241. The van der Waals surface area contributed by atoms with Crippen molar-refractivity contribution >= 4 is 5.91 Å². The largest absolute Gasteiger partial charge is 0.394 e. The second kappa shape index (κ2) is 56.5. The minimum atomic E-state index is -1.79. The van der Waals surface area contributed by atoms with E-state index in [4.69, 9.17) is 18.9 Å². The molecule has 1 amide bonds. The molecular weight excluding hydrogens is 1070 g/mol. The molecule has 2 saturated heterocycles. The van der Waals surface area contributed by atoms with Crippen LogP contribution in [0.1, 0.15) is 328 Å². The summed E-state index contributed by atoms with van der Waals surface area (Å²) in [6.07, 6.45) is 53.9. The SMILES string of the molecule is CCCCCCCCCCCCCCCCCCCCCCC/C=C/CC/C=C/C(O)C(COC1OC(CO)C(OC2OC(CO)C(O)C(O)C2O)C(O)C1O)NC(=O)CCCCCCCCCCCCCCCCCCCCCCCCCC. The topological polar surface area (TPSA) is 228 Å². The second-order valence-electron chi connectivity index (χ2n) is 25.7. The highest BCUT2D eigenvalue weighted by molar-refractivity contribution is 5.76. The van der Waals surface area contributed by atoms with Crippen molar-refractivity contribution in [3.63, 3.8) is 0 Å². The Kier molecular flexibility index (Phi) is 52.8. The zero-order valence-corrected chi connectivity index (χ0v) is 54.6. The lowest BCUT2D eigenvalue weighted by atomic mass is 9.97. The number of hydrogen-bond donors (Lipinski definition) is 9. The molecule has 0 spiro atoms. The molecule has 2 aliphatic heterocycles. The molecule has 2 aliphatic rings. The van der Waals surface area contributed by atoms with Gasteiger partial charge in [0.2, 0.25) is 5.91 Å². The Bertz CT molecular complexity index is 1520. The number of ether oxygens (including phenoxy) is 4. The van der Waals surface area contributed by atoms with E-state index in [9.17, 15) is 45.6 Å². The molecule has 0 saturated carbocycles. The first-order valence-corrected chi connectivity index (χ1v) is 36.1. The van der Waals surface area contributed by atoms with Crippen molar-refractivity contribution in [2.24, 2.45) is 0 Å². The Morgan fingerprint density at radius 2 is 0.753 bits per heavy atom. The Balaban J connectivity index is 1.69. The highest BCUT2D eigenvalue weighted by Gasteiger charge is 2.51. The fourth-order valence-electron chi connectivity index (χ4n) is 12.1. The minimum Gasteiger partial charge on any atom is -0.394 e. The highest BCUT2D eigenvalue weighted by atomic mass is 16.7. The number of rotatable bonds is 60. The van der Waals surface area contributed by atoms with Gasteiger partial charge in [-0.2, -0.15) is 0 Å². The van der Waals surface area contributed by atoms with Crippen LogP contribution in [0.5, 0.6) is 0 Å². The number of carbonyl (C=O) groups is 1. The second-order valence-corrected chi connectivity index (χ2v) is 25.7. The predicted molar refractivity (Wildman–Crippen MR) is 346 cm³/mol. The third-order valence-corrected chi connectivity index (χ3v) is 17.9. The maximum atomic E-state index is 13.3. The molecule has 0 bridgehead atoms. The molecule has 0 radical (unpaired) electrons. The van der Waals surface area contributed by atoms with Crippen LogP contribution in [0.15, 0.2) is 24.3 Å². The third-order valence-electron chi connectivity index (χ3n) is 17.9. The Labute approximate surface area is 519 Å². The van der Waals surface area contributed by atoms with E-state index in [2.05, 4.69) is 31.3 Å². The summed E-state index contributed by atoms with van der Waals surface area (Å²) in [5.74, 6) is -0.241. The van der Waals surface area contributed by atoms with Gasteiger partial charge in [0.25, 0.3) is 0 Å². The number of unbranched alkanes of at least 4 members (excludes halogenated alkanes) is 45. The van der Waals surface area contributed by atoms with Gasteiger partial charge in [-0.25, -0.2) is 0 Å². The number of allylic oxidation sites excluding steroid dienone is 3. The van der Waals surface area contributed by atoms with Crippen LogP contribution in [-0.2, 0) is 23.7 Å². The van der Waals surface area contributed by atoms with Crippen molar-refractivity contribution < 1.29 is 64.6 Å². The number of amides is 1. The average Bonchev–Trinajstić information content (AvgIpc) is 3.69. The number of aliphatic hydroxyl groups is 8. The molecule has 12 atom stereocenters. The zero-order valence-electron chi connectivity index (χ0n) is 54.6. The van der Waals surface area contributed by atoms with Gasteiger partial charge < -0.3 is 65.1 Å². The number of carbonyl (C=O) groups excluding carboxylic acids is 1. The Morgan fingerprint density at radius 3 is 1.15 bits per heavy atom. The predicted octanol–water partition coefficient (Wildman–Crippen LogP) is 14.7. The van der Waals surface area contributed by atoms with Crippen LogP contribution in [0.2, 0.25) is 0 Å². The summed E-state index contributed by atoms with van der Waals surface area (Å²) in [6, 6.07) is -0.929. The molecule has 2 rings (SSSR count). The van der Waals surface area contributed by atoms with E-state index < -0.39 is 86.8 Å². The standard InChI is InChI=1S/C71H135NO13/c1-3-5-7-9-11-13-15-17-19-21-23-25-27-29-30-31-32-34-36-38-40-42-44-46-48-50-52-54-60(75)59(58-82-70-68(81)66(79)69(62(57-74)84-70)85-71-67(80)65(78)64(77)61(56-73)83-71)72-63(76)55-53-51-49-47-45-43-41-39-37-35-33-28-26-24-22-20-18-16-14-12-10-8-6-4-2/h44,46,52,54,59-62,64-71,73-75,77-81H,3-43,45,47-51,53,55-58H2,1-2H3,(H,72,76)/b46-44+,54-52+. The van der Waals surface area contributed by atoms with E-state index in [1.54, 1.807) is 6.08 Å². The quantitative estimate of drug-likeness (QED) is 0.0204. The monoisotopic (exact) mass is 1210 g/mol. The maximum absolute atomic E-state index is 13.3. The Morgan fingerprint density at radius 1 is 0.412 bits per heavy atom. The fourth-order valence-corrected chi connectivity index (χ4v) is 12.1. The summed E-state index contributed by atoms with van der Waals surface area (Å²) >= 11 is 0. The molecule has 85 heavy (non-hydrogen) atoms. The molecule has 14 heteroatoms. The lowest BCUT2D eigenvalue weighted by Gasteiger charge is -2.46. The Hall–Kier alpha value is -1.53. The van der Waals surface area contributed by atoms with Crippen molar-refractivity contribution in [2.45, 2.75) is 402 Å². The molecule has 0 aliphatic carbocycles. The number of hydrogen-bond acceptors (Lipinski definition) is 13. The third kappa shape index (κ3) is 40.8. The first-order chi connectivity index (χ1) is 41.6. The summed E-state index contributed by atoms with van der Waals surface area (Å²) in [5, 5.41) is 87.4. The lowest BCUT2D eigenvalue weighted by molar-refractivity contribution is -0.359. The van der Waals surface area contributed by atoms with E-state index >= 15 is 0 Å². The van der Waals surface area contributed by atoms with Gasteiger partial charge in [0.15, 0.2) is 12.6 Å². The van der Waals surface area contributed by atoms with Gasteiger partial charge in [0.1, 0.15) is 48.8 Å². The summed E-state index contributed by atoms with van der Waals surface area (Å²) < 4.78 is 22.9. The normalized spacial score (nSPS) is 23.6. The molecule has 2 fully saturated rings. The molecule has 2 heterocycles. The molecule has 14 nitrogen and oxygen atoms in total. The van der Waals surface area contributed by atoms with E-state index in [1.165, 1.54) is 263 Å². The molecular formula is C71H135NO13. The maximum Gasteiger partial charge on any atom is 0.220 e. The van der Waals surface area contributed by atoms with Crippen LogP contribution < -0.4 is 5.32 Å². The van der Waals surface area contributed by atoms with E-state index in [0.29, 0.717) is 12.8 Å². The molecule has 0 aromatic rings. The van der Waals surface area contributed by atoms with Crippen molar-refractivity contribution in [3.05, 3.63) is 24.3 Å². The van der Waals surface area contributed by atoms with Gasteiger partial charge in [0, 0.05) is 6.42 Å². The van der Waals surface area contributed by atoms with Crippen LogP contribution in [-0.4, -0.2) is 140 Å². The first kappa shape index (κ1) is 79.6. The molecule has 0 aromatic heterocycles. The molecule has 12 unspecified atom stereocenters. The van der Waals surface area contributed by atoms with Gasteiger partial charge in [-0.15, -0.1) is 0 Å². The summed E-state index contributed by atoms with van der Waals surface area (Å²) in [6.45, 7) is 2.84. The van der Waals surface area contributed by atoms with Crippen molar-refractivity contribution in [2.75, 3.05) is 19.8 Å². The van der Waals surface area contributed by atoms with E-state index in [0.717, 1.165) is 32.1 Å². The van der Waals surface area contributed by atoms with Gasteiger partial charge in [-0.1, -0.05) is 314 Å². The van der Waals surface area contributed by atoms with E-state index in [-0.39, 0.29) is 18.9 Å². The summed E-state index contributed by atoms with van der Waals surface area (Å²) in [7, 11) is 0. The molecule has 9 N–H and O–H groups in total. The van der Waals surface area contributed by atoms with E-state index in [1.807, 2.05) is 6.08 Å². The average molecular weight is 1210 g/mol. The zero-order chi connectivity index (χ0) is 61.6. The molecule has 0 aromatic carbocycles. The van der Waals surface area contributed by atoms with Gasteiger partial charge in [-0.3, -0.25) is 4.79 Å². The van der Waals surface area contributed by atoms with Crippen molar-refractivity contribution in [1.82, 2.24) is 5.32 Å². The van der Waals surface area contributed by atoms with Crippen LogP contribution in [0.3, 0.4) is 0 Å². The van der Waals surface area contributed by atoms with Crippen LogP contribution in [0.25, 0.3) is 0 Å². The van der Waals surface area contributed by atoms with Crippen LogP contribution in [0.4, 0.5) is 0 Å². The van der Waals surface area contributed by atoms with Gasteiger partial charge >= 0.3 is 0 Å².